The standard InChI is InChI=1S/C24H25N3/c1-2-19(25)11-12-20-13-14-21-22-16-18(9-8-17-6-4-3-5-7-17)10-15-23(22)27-24(21)26-20/h3-10,13-16,19H,2,11-12,25H2,1H3,(H,26,27). The van der Waals surface area contributed by atoms with Crippen LogP contribution in [0.3, 0.4) is 0 Å². The number of aromatic nitrogens is 2. The number of benzene rings is 2. The minimum absolute atomic E-state index is 0.254. The molecule has 3 N–H and O–H groups in total. The molecule has 0 spiro atoms. The van der Waals surface area contributed by atoms with Crippen molar-refractivity contribution in [3.63, 3.8) is 0 Å². The van der Waals surface area contributed by atoms with Gasteiger partial charge in [-0.1, -0.05) is 55.5 Å². The predicted octanol–water partition coefficient (Wildman–Crippen LogP) is 5.56. The summed E-state index contributed by atoms with van der Waals surface area (Å²) in [5.74, 6) is 0. The molecule has 0 fully saturated rings. The fourth-order valence-electron chi connectivity index (χ4n) is 3.37. The molecule has 1 atom stereocenters. The molecule has 0 aliphatic heterocycles. The van der Waals surface area contributed by atoms with Gasteiger partial charge in [-0.15, -0.1) is 0 Å². The molecule has 27 heavy (non-hydrogen) atoms. The van der Waals surface area contributed by atoms with E-state index in [1.807, 2.05) is 6.07 Å². The number of nitrogens with zero attached hydrogens (tertiary/aromatic N) is 1. The summed E-state index contributed by atoms with van der Waals surface area (Å²) in [6, 6.07) is 21.4. The van der Waals surface area contributed by atoms with E-state index in [0.29, 0.717) is 0 Å². The maximum Gasteiger partial charge on any atom is 0.138 e. The third-order valence-electron chi connectivity index (χ3n) is 5.10. The van der Waals surface area contributed by atoms with E-state index in [0.717, 1.165) is 36.1 Å². The number of rotatable bonds is 6. The molecule has 2 heterocycles. The molecule has 0 saturated heterocycles. The second kappa shape index (κ2) is 7.77. The Balaban J connectivity index is 1.63. The number of nitrogens with one attached hydrogen (secondary N) is 1. The lowest BCUT2D eigenvalue weighted by Gasteiger charge is -2.07. The van der Waals surface area contributed by atoms with Crippen molar-refractivity contribution in [2.45, 2.75) is 32.2 Å². The third kappa shape index (κ3) is 3.93. The van der Waals surface area contributed by atoms with E-state index in [1.165, 1.54) is 21.9 Å². The number of nitrogens with two attached hydrogens (primary N) is 1. The number of fused-ring (bicyclic) bond motifs is 3. The molecule has 0 bridgehead atoms. The Hall–Kier alpha value is -2.91. The Morgan fingerprint density at radius 1 is 0.963 bits per heavy atom. The minimum Gasteiger partial charge on any atom is -0.339 e. The third-order valence-corrected chi connectivity index (χ3v) is 5.10. The number of aryl methyl sites for hydroxylation is 1. The summed E-state index contributed by atoms with van der Waals surface area (Å²) in [4.78, 5) is 8.27. The SMILES string of the molecule is CCC(N)CCc1ccc2c(n1)[nH]c1ccc(C=Cc3ccccc3)cc12. The van der Waals surface area contributed by atoms with Crippen LogP contribution in [0.25, 0.3) is 34.1 Å². The zero-order valence-corrected chi connectivity index (χ0v) is 15.7. The van der Waals surface area contributed by atoms with Crippen molar-refractivity contribution in [2.75, 3.05) is 0 Å². The summed E-state index contributed by atoms with van der Waals surface area (Å²) in [5, 5.41) is 2.38. The highest BCUT2D eigenvalue weighted by atomic mass is 14.9. The Morgan fingerprint density at radius 3 is 2.59 bits per heavy atom. The lowest BCUT2D eigenvalue weighted by Crippen LogP contribution is -2.19. The first-order chi connectivity index (χ1) is 13.2. The van der Waals surface area contributed by atoms with Gasteiger partial charge in [-0.05, 0) is 54.7 Å². The average Bonchev–Trinajstić information content (AvgIpc) is 3.08. The molecular formula is C24H25N3. The van der Waals surface area contributed by atoms with Crippen molar-refractivity contribution in [3.05, 3.63) is 77.5 Å². The zero-order valence-electron chi connectivity index (χ0n) is 15.7. The van der Waals surface area contributed by atoms with E-state index in [1.54, 1.807) is 0 Å². The van der Waals surface area contributed by atoms with Crippen LogP contribution in [0.15, 0.2) is 60.7 Å². The summed E-state index contributed by atoms with van der Waals surface area (Å²) < 4.78 is 0. The van der Waals surface area contributed by atoms with Gasteiger partial charge in [0.1, 0.15) is 5.65 Å². The zero-order chi connectivity index (χ0) is 18.6. The van der Waals surface area contributed by atoms with Gasteiger partial charge in [0.05, 0.1) is 0 Å². The van der Waals surface area contributed by atoms with Crippen LogP contribution in [-0.4, -0.2) is 16.0 Å². The van der Waals surface area contributed by atoms with Crippen molar-refractivity contribution in [1.29, 1.82) is 0 Å². The van der Waals surface area contributed by atoms with Crippen molar-refractivity contribution in [3.8, 4) is 0 Å². The van der Waals surface area contributed by atoms with E-state index >= 15 is 0 Å². The maximum absolute atomic E-state index is 6.04. The van der Waals surface area contributed by atoms with Crippen molar-refractivity contribution in [1.82, 2.24) is 9.97 Å². The number of aromatic amines is 1. The molecule has 2 aromatic heterocycles. The smallest absolute Gasteiger partial charge is 0.138 e. The molecular weight excluding hydrogens is 330 g/mol. The van der Waals surface area contributed by atoms with Crippen LogP contribution in [0.2, 0.25) is 0 Å². The molecule has 0 aliphatic rings. The summed E-state index contributed by atoms with van der Waals surface area (Å²) in [5.41, 5.74) is 11.6. The largest absolute Gasteiger partial charge is 0.339 e. The highest BCUT2D eigenvalue weighted by Gasteiger charge is 2.08. The number of pyridine rings is 1. The van der Waals surface area contributed by atoms with Gasteiger partial charge in [-0.25, -0.2) is 4.98 Å². The van der Waals surface area contributed by atoms with Crippen LogP contribution in [0.5, 0.6) is 0 Å². The second-order valence-electron chi connectivity index (χ2n) is 7.08. The Labute approximate surface area is 159 Å². The molecule has 1 unspecified atom stereocenters. The fourth-order valence-corrected chi connectivity index (χ4v) is 3.37. The molecule has 0 amide bonds. The minimum atomic E-state index is 0.254. The molecule has 3 heteroatoms. The maximum atomic E-state index is 6.04. The van der Waals surface area contributed by atoms with Crippen LogP contribution in [0.4, 0.5) is 0 Å². The van der Waals surface area contributed by atoms with Gasteiger partial charge < -0.3 is 10.7 Å². The first kappa shape index (κ1) is 17.5. The molecule has 4 rings (SSSR count). The van der Waals surface area contributed by atoms with Gasteiger partial charge in [0, 0.05) is 28.0 Å². The molecule has 3 nitrogen and oxygen atoms in total. The normalized spacial score (nSPS) is 13.0. The van der Waals surface area contributed by atoms with Gasteiger partial charge in [-0.2, -0.15) is 0 Å². The van der Waals surface area contributed by atoms with Crippen molar-refractivity contribution in [2.24, 2.45) is 5.73 Å². The molecule has 4 aromatic rings. The Kier molecular flexibility index (Phi) is 5.03. The van der Waals surface area contributed by atoms with Crippen LogP contribution in [0, 0.1) is 0 Å². The van der Waals surface area contributed by atoms with Crippen LogP contribution < -0.4 is 5.73 Å². The van der Waals surface area contributed by atoms with Crippen LogP contribution in [-0.2, 0) is 6.42 Å². The lowest BCUT2D eigenvalue weighted by molar-refractivity contribution is 0.592. The fraction of sp³-hybridized carbons (Fsp3) is 0.208. The number of hydrogen-bond acceptors (Lipinski definition) is 2. The van der Waals surface area contributed by atoms with Gasteiger partial charge in [0.2, 0.25) is 0 Å². The Bertz CT molecular complexity index is 1080. The quantitative estimate of drug-likeness (QED) is 0.445. The predicted molar refractivity (Wildman–Crippen MR) is 116 cm³/mol. The topological polar surface area (TPSA) is 54.7 Å². The van der Waals surface area contributed by atoms with Crippen molar-refractivity contribution < 1.29 is 0 Å². The molecule has 2 aromatic carbocycles. The summed E-state index contributed by atoms with van der Waals surface area (Å²) >= 11 is 0. The summed E-state index contributed by atoms with van der Waals surface area (Å²) in [7, 11) is 0. The average molecular weight is 355 g/mol. The molecule has 136 valence electrons. The first-order valence-electron chi connectivity index (χ1n) is 9.63. The van der Waals surface area contributed by atoms with Gasteiger partial charge in [-0.3, -0.25) is 0 Å². The van der Waals surface area contributed by atoms with Gasteiger partial charge >= 0.3 is 0 Å². The molecule has 0 radical (unpaired) electrons. The highest BCUT2D eigenvalue weighted by molar-refractivity contribution is 6.06. The van der Waals surface area contributed by atoms with E-state index in [4.69, 9.17) is 10.7 Å². The van der Waals surface area contributed by atoms with E-state index in [-0.39, 0.29) is 6.04 Å². The van der Waals surface area contributed by atoms with Crippen molar-refractivity contribution >= 4 is 34.1 Å². The second-order valence-corrected chi connectivity index (χ2v) is 7.08. The molecule has 0 aliphatic carbocycles. The lowest BCUT2D eigenvalue weighted by atomic mass is 10.1. The van der Waals surface area contributed by atoms with Crippen LogP contribution in [0.1, 0.15) is 36.6 Å². The highest BCUT2D eigenvalue weighted by Crippen LogP contribution is 2.26. The van der Waals surface area contributed by atoms with Gasteiger partial charge in [0.25, 0.3) is 0 Å². The monoisotopic (exact) mass is 355 g/mol. The van der Waals surface area contributed by atoms with E-state index in [2.05, 4.69) is 78.7 Å². The van der Waals surface area contributed by atoms with Crippen LogP contribution >= 0.6 is 0 Å². The first-order valence-corrected chi connectivity index (χ1v) is 9.63. The summed E-state index contributed by atoms with van der Waals surface area (Å²) in [6.07, 6.45) is 7.20. The number of hydrogen-bond donors (Lipinski definition) is 2. The van der Waals surface area contributed by atoms with E-state index < -0.39 is 0 Å². The van der Waals surface area contributed by atoms with Gasteiger partial charge in [0.15, 0.2) is 0 Å². The van der Waals surface area contributed by atoms with E-state index in [9.17, 15) is 0 Å². The molecule has 0 saturated carbocycles. The number of H-pyrrole nitrogens is 1. The summed E-state index contributed by atoms with van der Waals surface area (Å²) in [6.45, 7) is 2.13. The Morgan fingerprint density at radius 2 is 1.78 bits per heavy atom.